The van der Waals surface area contributed by atoms with Crippen molar-refractivity contribution in [3.8, 4) is 0 Å². The molecule has 1 aromatic carbocycles. The van der Waals surface area contributed by atoms with E-state index in [1.165, 1.54) is 29.4 Å². The Morgan fingerprint density at radius 1 is 1.22 bits per heavy atom. The van der Waals surface area contributed by atoms with E-state index in [0.717, 1.165) is 11.8 Å². The first-order chi connectivity index (χ1) is 12.8. The number of amides is 2. The van der Waals surface area contributed by atoms with Crippen molar-refractivity contribution in [1.29, 1.82) is 0 Å². The van der Waals surface area contributed by atoms with Crippen molar-refractivity contribution in [2.45, 2.75) is 25.4 Å². The summed E-state index contributed by atoms with van der Waals surface area (Å²) in [6, 6.07) is 8.30. The zero-order chi connectivity index (χ0) is 19.6. The molecule has 1 heterocycles. The summed E-state index contributed by atoms with van der Waals surface area (Å²) in [5.74, 6) is -0.398. The second-order valence-corrected chi connectivity index (χ2v) is 6.41. The predicted octanol–water partition coefficient (Wildman–Crippen LogP) is 3.89. The van der Waals surface area contributed by atoms with Crippen LogP contribution in [0.2, 0.25) is 0 Å². The molecule has 5 nitrogen and oxygen atoms in total. The number of halogens is 3. The highest BCUT2D eigenvalue weighted by Gasteiger charge is 2.47. The van der Waals surface area contributed by atoms with Crippen molar-refractivity contribution in [1.82, 2.24) is 4.90 Å². The fraction of sp³-hybridized carbons (Fsp3) is 0.368. The molecule has 0 radical (unpaired) electrons. The summed E-state index contributed by atoms with van der Waals surface area (Å²) in [5, 5.41) is 2.26. The van der Waals surface area contributed by atoms with Crippen LogP contribution in [-0.2, 0) is 15.8 Å². The van der Waals surface area contributed by atoms with Gasteiger partial charge >= 0.3 is 6.18 Å². The van der Waals surface area contributed by atoms with E-state index in [4.69, 9.17) is 4.42 Å². The van der Waals surface area contributed by atoms with Gasteiger partial charge in [0.1, 0.15) is 5.76 Å². The summed E-state index contributed by atoms with van der Waals surface area (Å²) in [5.41, 5.74) is -1.24. The van der Waals surface area contributed by atoms with Crippen LogP contribution in [0.15, 0.2) is 47.1 Å². The summed E-state index contributed by atoms with van der Waals surface area (Å²) >= 11 is 0. The van der Waals surface area contributed by atoms with Crippen LogP contribution in [0.25, 0.3) is 0 Å². The van der Waals surface area contributed by atoms with Gasteiger partial charge in [0.25, 0.3) is 0 Å². The number of carbonyl (C=O) groups excluding carboxylic acids is 2. The van der Waals surface area contributed by atoms with Crippen LogP contribution < -0.4 is 5.32 Å². The Balaban J connectivity index is 1.62. The highest BCUT2D eigenvalue weighted by molar-refractivity contribution is 5.96. The van der Waals surface area contributed by atoms with Crippen molar-refractivity contribution >= 4 is 17.5 Å². The molecule has 27 heavy (non-hydrogen) atoms. The smallest absolute Gasteiger partial charge is 0.418 e. The third-order valence-electron chi connectivity index (χ3n) is 4.55. The average Bonchev–Trinajstić information content (AvgIpc) is 3.23. The van der Waals surface area contributed by atoms with Gasteiger partial charge in [0, 0.05) is 18.4 Å². The van der Waals surface area contributed by atoms with Crippen LogP contribution >= 0.6 is 0 Å². The molecule has 0 bridgehead atoms. The standard InChI is InChI=1S/C19H19F3N2O3/c1-2-24(18(26)13-10-12(13)16-8-5-9-27-16)11-17(25)23-15-7-4-3-6-14(15)19(20,21)22/h3-9,12-13H,2,10-11H2,1H3,(H,23,25). The third-order valence-corrected chi connectivity index (χ3v) is 4.55. The molecule has 1 aliphatic rings. The molecular weight excluding hydrogens is 361 g/mol. The maximum absolute atomic E-state index is 13.0. The van der Waals surface area contributed by atoms with Gasteiger partial charge in [0.2, 0.25) is 11.8 Å². The molecular formula is C19H19F3N2O3. The number of nitrogens with one attached hydrogen (secondary N) is 1. The van der Waals surface area contributed by atoms with Crippen LogP contribution in [0.5, 0.6) is 0 Å². The van der Waals surface area contributed by atoms with E-state index in [1.54, 1.807) is 19.1 Å². The van der Waals surface area contributed by atoms with E-state index in [-0.39, 0.29) is 36.5 Å². The number of hydrogen-bond acceptors (Lipinski definition) is 3. The Morgan fingerprint density at radius 3 is 2.59 bits per heavy atom. The number of nitrogens with zero attached hydrogens (tertiary/aromatic N) is 1. The monoisotopic (exact) mass is 380 g/mol. The minimum absolute atomic E-state index is 0.00410. The van der Waals surface area contributed by atoms with Gasteiger partial charge < -0.3 is 14.6 Å². The van der Waals surface area contributed by atoms with E-state index in [2.05, 4.69) is 5.32 Å². The number of para-hydroxylation sites is 1. The van der Waals surface area contributed by atoms with Gasteiger partial charge in [-0.2, -0.15) is 13.2 Å². The minimum Gasteiger partial charge on any atom is -0.469 e. The molecule has 0 aliphatic heterocycles. The van der Waals surface area contributed by atoms with Gasteiger partial charge in [-0.05, 0) is 37.6 Å². The maximum Gasteiger partial charge on any atom is 0.418 e. The van der Waals surface area contributed by atoms with Gasteiger partial charge in [0.05, 0.1) is 24.1 Å². The number of rotatable bonds is 6. The molecule has 2 unspecified atom stereocenters. The van der Waals surface area contributed by atoms with Crippen LogP contribution in [0.3, 0.4) is 0 Å². The first-order valence-corrected chi connectivity index (χ1v) is 8.59. The highest BCUT2D eigenvalue weighted by Crippen LogP contribution is 2.48. The molecule has 0 spiro atoms. The molecule has 1 saturated carbocycles. The summed E-state index contributed by atoms with van der Waals surface area (Å²) in [6.45, 7) is 1.70. The highest BCUT2D eigenvalue weighted by atomic mass is 19.4. The van der Waals surface area contributed by atoms with Crippen LogP contribution in [0, 0.1) is 5.92 Å². The van der Waals surface area contributed by atoms with Crippen molar-refractivity contribution in [2.75, 3.05) is 18.4 Å². The van der Waals surface area contributed by atoms with Crippen molar-refractivity contribution in [3.05, 3.63) is 54.0 Å². The lowest BCUT2D eigenvalue weighted by Gasteiger charge is -2.21. The number of furan rings is 1. The fourth-order valence-electron chi connectivity index (χ4n) is 3.07. The number of anilines is 1. The third kappa shape index (κ3) is 4.32. The van der Waals surface area contributed by atoms with Gasteiger partial charge in [-0.1, -0.05) is 12.1 Å². The van der Waals surface area contributed by atoms with E-state index < -0.39 is 17.6 Å². The van der Waals surface area contributed by atoms with Gasteiger partial charge in [-0.15, -0.1) is 0 Å². The SMILES string of the molecule is CCN(CC(=O)Nc1ccccc1C(F)(F)F)C(=O)C1CC1c1ccco1. The van der Waals surface area contributed by atoms with Gasteiger partial charge in [-0.25, -0.2) is 0 Å². The Labute approximate surface area is 154 Å². The fourth-order valence-corrected chi connectivity index (χ4v) is 3.07. The van der Waals surface area contributed by atoms with Crippen LogP contribution in [0.1, 0.15) is 30.6 Å². The lowest BCUT2D eigenvalue weighted by atomic mass is 10.1. The van der Waals surface area contributed by atoms with Crippen LogP contribution in [0.4, 0.5) is 18.9 Å². The topological polar surface area (TPSA) is 62.6 Å². The number of benzene rings is 1. The number of likely N-dealkylation sites (N-methyl/N-ethyl adjacent to an activating group) is 1. The minimum atomic E-state index is -4.57. The molecule has 1 fully saturated rings. The molecule has 3 rings (SSSR count). The molecule has 144 valence electrons. The van der Waals surface area contributed by atoms with Crippen molar-refractivity contribution in [3.63, 3.8) is 0 Å². The molecule has 1 aromatic heterocycles. The summed E-state index contributed by atoms with van der Waals surface area (Å²) < 4.78 is 44.4. The van der Waals surface area contributed by atoms with Crippen LogP contribution in [-0.4, -0.2) is 29.8 Å². The summed E-state index contributed by atoms with van der Waals surface area (Å²) in [4.78, 5) is 26.2. The lowest BCUT2D eigenvalue weighted by Crippen LogP contribution is -2.39. The Kier molecular flexibility index (Phi) is 5.25. The molecule has 0 saturated heterocycles. The molecule has 2 aromatic rings. The van der Waals surface area contributed by atoms with E-state index in [0.29, 0.717) is 6.42 Å². The first kappa shape index (κ1) is 19.0. The Bertz CT molecular complexity index is 818. The van der Waals surface area contributed by atoms with Gasteiger partial charge in [0.15, 0.2) is 0 Å². The van der Waals surface area contributed by atoms with E-state index in [9.17, 15) is 22.8 Å². The second kappa shape index (κ2) is 7.46. The average molecular weight is 380 g/mol. The second-order valence-electron chi connectivity index (χ2n) is 6.41. The Morgan fingerprint density at radius 2 is 1.96 bits per heavy atom. The molecule has 2 atom stereocenters. The van der Waals surface area contributed by atoms with Crippen molar-refractivity contribution < 1.29 is 27.2 Å². The maximum atomic E-state index is 13.0. The van der Waals surface area contributed by atoms with Gasteiger partial charge in [-0.3, -0.25) is 9.59 Å². The molecule has 1 aliphatic carbocycles. The zero-order valence-corrected chi connectivity index (χ0v) is 14.6. The molecule has 2 amide bonds. The number of carbonyl (C=O) groups is 2. The van der Waals surface area contributed by atoms with Crippen molar-refractivity contribution in [2.24, 2.45) is 5.92 Å². The summed E-state index contributed by atoms with van der Waals surface area (Å²) in [7, 11) is 0. The zero-order valence-electron chi connectivity index (χ0n) is 14.6. The summed E-state index contributed by atoms with van der Waals surface area (Å²) in [6.07, 6.45) is -2.39. The Hall–Kier alpha value is -2.77. The largest absolute Gasteiger partial charge is 0.469 e. The van der Waals surface area contributed by atoms with E-state index in [1.807, 2.05) is 0 Å². The lowest BCUT2D eigenvalue weighted by molar-refractivity contribution is -0.137. The normalized spacial score (nSPS) is 18.8. The van der Waals surface area contributed by atoms with E-state index >= 15 is 0 Å². The number of hydrogen-bond donors (Lipinski definition) is 1. The number of alkyl halides is 3. The molecule has 8 heteroatoms. The first-order valence-electron chi connectivity index (χ1n) is 8.59. The quantitative estimate of drug-likeness (QED) is 0.827. The predicted molar refractivity (Wildman–Crippen MR) is 91.9 cm³/mol. The molecule has 1 N–H and O–H groups in total.